The number of aromatic nitrogens is 2. The minimum absolute atomic E-state index is 0.253. The van der Waals surface area contributed by atoms with Crippen molar-refractivity contribution in [2.75, 3.05) is 0 Å². The molecule has 17 heavy (non-hydrogen) atoms. The van der Waals surface area contributed by atoms with E-state index in [2.05, 4.69) is 25.9 Å². The van der Waals surface area contributed by atoms with Gasteiger partial charge in [-0.1, -0.05) is 51.3 Å². The molecule has 0 saturated carbocycles. The number of benzene rings is 1. The van der Waals surface area contributed by atoms with Crippen molar-refractivity contribution in [3.63, 3.8) is 0 Å². The van der Waals surface area contributed by atoms with Gasteiger partial charge in [0.2, 0.25) is 0 Å². The number of hydrogen-bond acceptors (Lipinski definition) is 2. The molecule has 1 aromatic heterocycles. The van der Waals surface area contributed by atoms with Crippen molar-refractivity contribution >= 4 is 39.1 Å². The average Bonchev–Trinajstić information content (AvgIpc) is 2.29. The fourth-order valence-corrected chi connectivity index (χ4v) is 1.99. The Morgan fingerprint density at radius 3 is 2.12 bits per heavy atom. The predicted molar refractivity (Wildman–Crippen MR) is 69.0 cm³/mol. The monoisotopic (exact) mass is 334 g/mol. The van der Waals surface area contributed by atoms with Crippen LogP contribution >= 0.6 is 39.1 Å². The zero-order valence-corrected chi connectivity index (χ0v) is 11.5. The van der Waals surface area contributed by atoms with Crippen molar-refractivity contribution in [1.82, 2.24) is 9.97 Å². The second kappa shape index (κ2) is 5.29. The molecule has 0 unspecified atom stereocenters. The number of halogens is 4. The summed E-state index contributed by atoms with van der Waals surface area (Å²) in [6.45, 7) is 0. The summed E-state index contributed by atoms with van der Waals surface area (Å²) in [7, 11) is 0. The van der Waals surface area contributed by atoms with Gasteiger partial charge in [0, 0.05) is 10.9 Å². The number of rotatable bonds is 2. The highest BCUT2D eigenvalue weighted by atomic mass is 79.9. The lowest BCUT2D eigenvalue weighted by molar-refractivity contribution is 0.611. The van der Waals surface area contributed by atoms with Crippen LogP contribution in [0.25, 0.3) is 0 Å². The van der Waals surface area contributed by atoms with Gasteiger partial charge in [-0.25, -0.2) is 14.4 Å². The number of nitrogens with zero attached hydrogens (tertiary/aromatic N) is 2. The molecule has 0 atom stereocenters. The topological polar surface area (TPSA) is 25.8 Å². The molecule has 1 aromatic carbocycles. The van der Waals surface area contributed by atoms with E-state index in [0.717, 1.165) is 10.0 Å². The normalized spacial score (nSPS) is 10.6. The van der Waals surface area contributed by atoms with Crippen LogP contribution in [0.5, 0.6) is 0 Å². The summed E-state index contributed by atoms with van der Waals surface area (Å²) < 4.78 is 14.1. The summed E-state index contributed by atoms with van der Waals surface area (Å²) in [5.74, 6) is -0.392. The van der Waals surface area contributed by atoms with Gasteiger partial charge < -0.3 is 0 Å². The van der Waals surface area contributed by atoms with Crippen molar-refractivity contribution < 1.29 is 4.39 Å². The van der Waals surface area contributed by atoms with Crippen molar-refractivity contribution in [3.8, 4) is 0 Å². The van der Waals surface area contributed by atoms with Crippen molar-refractivity contribution in [2.45, 2.75) is 6.42 Å². The fourth-order valence-electron chi connectivity index (χ4n) is 1.30. The van der Waals surface area contributed by atoms with Gasteiger partial charge in [-0.2, -0.15) is 0 Å². The Balaban J connectivity index is 2.27. The fraction of sp³-hybridized carbons (Fsp3) is 0.0909. The lowest BCUT2D eigenvalue weighted by atomic mass is 10.1. The predicted octanol–water partition coefficient (Wildman–Crippen LogP) is 4.28. The van der Waals surface area contributed by atoms with Crippen LogP contribution in [-0.2, 0) is 6.42 Å². The lowest BCUT2D eigenvalue weighted by Crippen LogP contribution is -2.00. The van der Waals surface area contributed by atoms with Crippen LogP contribution in [0.15, 0.2) is 28.7 Å². The maximum atomic E-state index is 13.1. The summed E-state index contributed by atoms with van der Waals surface area (Å²) in [6, 6.07) is 7.64. The summed E-state index contributed by atoms with van der Waals surface area (Å²) in [5, 5.41) is -0.505. The van der Waals surface area contributed by atoms with E-state index in [9.17, 15) is 4.39 Å². The Labute approximate surface area is 116 Å². The van der Waals surface area contributed by atoms with Crippen molar-refractivity contribution in [1.29, 1.82) is 0 Å². The molecule has 0 bridgehead atoms. The minimum atomic E-state index is -0.784. The van der Waals surface area contributed by atoms with Gasteiger partial charge in [-0.3, -0.25) is 0 Å². The molecule has 0 amide bonds. The number of hydrogen-bond donors (Lipinski definition) is 0. The van der Waals surface area contributed by atoms with Gasteiger partial charge in [-0.05, 0) is 17.7 Å². The molecule has 0 aliphatic carbocycles. The van der Waals surface area contributed by atoms with E-state index < -0.39 is 5.82 Å². The molecule has 0 aliphatic heterocycles. The zero-order chi connectivity index (χ0) is 12.4. The minimum Gasteiger partial charge on any atom is -0.218 e. The molecule has 6 heteroatoms. The first-order valence-electron chi connectivity index (χ1n) is 4.68. The van der Waals surface area contributed by atoms with Gasteiger partial charge in [-0.15, -0.1) is 0 Å². The van der Waals surface area contributed by atoms with Gasteiger partial charge >= 0.3 is 0 Å². The first kappa shape index (κ1) is 12.7. The van der Waals surface area contributed by atoms with Crippen LogP contribution in [0.1, 0.15) is 11.4 Å². The molecule has 0 aliphatic rings. The molecule has 0 fully saturated rings. The molecule has 0 N–H and O–H groups in total. The molecule has 0 radical (unpaired) electrons. The van der Waals surface area contributed by atoms with E-state index in [1.165, 1.54) is 0 Å². The first-order valence-corrected chi connectivity index (χ1v) is 6.23. The smallest absolute Gasteiger partial charge is 0.197 e. The standard InChI is InChI=1S/C11H6BrCl2FN2/c12-7-3-1-6(2-4-7)5-8-16-10(13)9(15)11(14)17-8/h1-4H,5H2. The van der Waals surface area contributed by atoms with E-state index in [1.54, 1.807) is 0 Å². The summed E-state index contributed by atoms with van der Waals surface area (Å²) in [6.07, 6.45) is 0.451. The van der Waals surface area contributed by atoms with Gasteiger partial charge in [0.1, 0.15) is 5.82 Å². The Hall–Kier alpha value is -0.710. The Bertz CT molecular complexity index is 523. The third-order valence-electron chi connectivity index (χ3n) is 2.09. The largest absolute Gasteiger partial charge is 0.218 e. The van der Waals surface area contributed by atoms with E-state index >= 15 is 0 Å². The molecular formula is C11H6BrCl2FN2. The molecule has 2 rings (SSSR count). The van der Waals surface area contributed by atoms with Crippen LogP contribution in [0, 0.1) is 5.82 Å². The third-order valence-corrected chi connectivity index (χ3v) is 3.12. The van der Waals surface area contributed by atoms with E-state index in [-0.39, 0.29) is 10.3 Å². The van der Waals surface area contributed by atoms with E-state index in [1.807, 2.05) is 24.3 Å². The zero-order valence-electron chi connectivity index (χ0n) is 8.42. The maximum Gasteiger partial charge on any atom is 0.197 e. The quantitative estimate of drug-likeness (QED) is 0.766. The van der Waals surface area contributed by atoms with E-state index in [0.29, 0.717) is 12.2 Å². The van der Waals surface area contributed by atoms with Gasteiger partial charge in [0.15, 0.2) is 16.1 Å². The van der Waals surface area contributed by atoms with Gasteiger partial charge in [0.05, 0.1) is 0 Å². The lowest BCUT2D eigenvalue weighted by Gasteiger charge is -2.03. The summed E-state index contributed by atoms with van der Waals surface area (Å²) >= 11 is 14.5. The van der Waals surface area contributed by atoms with Gasteiger partial charge in [0.25, 0.3) is 0 Å². The van der Waals surface area contributed by atoms with Crippen LogP contribution in [-0.4, -0.2) is 9.97 Å². The van der Waals surface area contributed by atoms with Crippen LogP contribution < -0.4 is 0 Å². The third kappa shape index (κ3) is 3.15. The highest BCUT2D eigenvalue weighted by Crippen LogP contribution is 2.20. The molecule has 1 heterocycles. The molecule has 0 spiro atoms. The van der Waals surface area contributed by atoms with Crippen LogP contribution in [0.3, 0.4) is 0 Å². The molecule has 2 aromatic rings. The Kier molecular flexibility index (Phi) is 3.97. The molecular weight excluding hydrogens is 330 g/mol. The van der Waals surface area contributed by atoms with E-state index in [4.69, 9.17) is 23.2 Å². The van der Waals surface area contributed by atoms with Crippen molar-refractivity contribution in [2.24, 2.45) is 0 Å². The SMILES string of the molecule is Fc1c(Cl)nc(Cc2ccc(Br)cc2)nc1Cl. The second-order valence-electron chi connectivity index (χ2n) is 3.34. The second-order valence-corrected chi connectivity index (χ2v) is 4.97. The van der Waals surface area contributed by atoms with Crippen molar-refractivity contribution in [3.05, 3.63) is 56.2 Å². The highest BCUT2D eigenvalue weighted by molar-refractivity contribution is 9.10. The first-order chi connectivity index (χ1) is 8.06. The summed E-state index contributed by atoms with van der Waals surface area (Å²) in [4.78, 5) is 7.67. The Morgan fingerprint density at radius 2 is 1.59 bits per heavy atom. The summed E-state index contributed by atoms with van der Waals surface area (Å²) in [5.41, 5.74) is 0.993. The van der Waals surface area contributed by atoms with Crippen LogP contribution in [0.2, 0.25) is 10.3 Å². The maximum absolute atomic E-state index is 13.1. The highest BCUT2D eigenvalue weighted by Gasteiger charge is 2.11. The molecule has 88 valence electrons. The average molecular weight is 336 g/mol. The van der Waals surface area contributed by atoms with Crippen LogP contribution in [0.4, 0.5) is 4.39 Å². The molecule has 2 nitrogen and oxygen atoms in total. The Morgan fingerprint density at radius 1 is 1.06 bits per heavy atom. The molecule has 0 saturated heterocycles.